The van der Waals surface area contributed by atoms with Crippen molar-refractivity contribution >= 4 is 15.9 Å². The summed E-state index contributed by atoms with van der Waals surface area (Å²) in [4.78, 5) is 4.25. The van der Waals surface area contributed by atoms with Crippen molar-refractivity contribution in [3.63, 3.8) is 0 Å². The summed E-state index contributed by atoms with van der Waals surface area (Å²) in [5.41, 5.74) is 6.99. The van der Waals surface area contributed by atoms with E-state index in [-0.39, 0.29) is 6.04 Å². The first-order valence-electron chi connectivity index (χ1n) is 4.14. The third-order valence-electron chi connectivity index (χ3n) is 2.21. The molecule has 1 heterocycles. The van der Waals surface area contributed by atoms with Gasteiger partial charge in [0.15, 0.2) is 0 Å². The van der Waals surface area contributed by atoms with Crippen molar-refractivity contribution in [1.82, 2.24) is 4.98 Å². The van der Waals surface area contributed by atoms with E-state index in [1.807, 2.05) is 12.1 Å². The molecule has 1 atom stereocenters. The number of pyridine rings is 1. The van der Waals surface area contributed by atoms with Crippen molar-refractivity contribution in [2.24, 2.45) is 11.7 Å². The summed E-state index contributed by atoms with van der Waals surface area (Å²) in [5.74, 6) is 0.673. The first-order chi connectivity index (χ1) is 5.77. The van der Waals surface area contributed by atoms with E-state index >= 15 is 0 Å². The molecule has 64 valence electrons. The molecule has 0 aliphatic heterocycles. The average molecular weight is 227 g/mol. The van der Waals surface area contributed by atoms with Crippen LogP contribution in [-0.2, 0) is 0 Å². The highest BCUT2D eigenvalue weighted by Gasteiger charge is 2.30. The maximum absolute atomic E-state index is 5.99. The van der Waals surface area contributed by atoms with Gasteiger partial charge in [0.2, 0.25) is 0 Å². The Labute approximate surface area is 80.3 Å². The fourth-order valence-electron chi connectivity index (χ4n) is 1.30. The van der Waals surface area contributed by atoms with Crippen molar-refractivity contribution in [2.45, 2.75) is 18.9 Å². The molecule has 2 nitrogen and oxygen atoms in total. The van der Waals surface area contributed by atoms with Crippen LogP contribution in [0.2, 0.25) is 0 Å². The number of rotatable bonds is 2. The van der Waals surface area contributed by atoms with Crippen molar-refractivity contribution in [1.29, 1.82) is 0 Å². The van der Waals surface area contributed by atoms with E-state index in [9.17, 15) is 0 Å². The fourth-order valence-corrected chi connectivity index (χ4v) is 1.65. The second-order valence-electron chi connectivity index (χ2n) is 3.26. The topological polar surface area (TPSA) is 38.9 Å². The zero-order valence-electron chi connectivity index (χ0n) is 6.70. The Morgan fingerprint density at radius 1 is 1.58 bits per heavy atom. The molecular weight excluding hydrogens is 216 g/mol. The van der Waals surface area contributed by atoms with Gasteiger partial charge in [0.25, 0.3) is 0 Å². The summed E-state index contributed by atoms with van der Waals surface area (Å²) < 4.78 is 1.06. The van der Waals surface area contributed by atoms with E-state index in [4.69, 9.17) is 5.73 Å². The Morgan fingerprint density at radius 3 is 2.92 bits per heavy atom. The van der Waals surface area contributed by atoms with Gasteiger partial charge in [-0.05, 0) is 30.9 Å². The van der Waals surface area contributed by atoms with Gasteiger partial charge < -0.3 is 5.73 Å². The highest BCUT2D eigenvalue weighted by atomic mass is 79.9. The maximum atomic E-state index is 5.99. The first-order valence-corrected chi connectivity index (χ1v) is 4.93. The summed E-state index contributed by atoms with van der Waals surface area (Å²) in [6.45, 7) is 0. The summed E-state index contributed by atoms with van der Waals surface area (Å²) in [5, 5.41) is 0. The monoisotopic (exact) mass is 226 g/mol. The van der Waals surface area contributed by atoms with E-state index < -0.39 is 0 Å². The van der Waals surface area contributed by atoms with Crippen LogP contribution in [0.25, 0.3) is 0 Å². The molecule has 0 saturated heterocycles. The van der Waals surface area contributed by atoms with Crippen LogP contribution in [-0.4, -0.2) is 4.98 Å². The number of hydrogen-bond donors (Lipinski definition) is 1. The smallest absolute Gasteiger partial charge is 0.0585 e. The summed E-state index contributed by atoms with van der Waals surface area (Å²) >= 11 is 3.40. The SMILES string of the molecule is NC(c1cc(Br)ccn1)C1CC1. The number of nitrogens with two attached hydrogens (primary N) is 1. The van der Waals surface area contributed by atoms with Crippen LogP contribution in [0.1, 0.15) is 24.6 Å². The van der Waals surface area contributed by atoms with Gasteiger partial charge in [0, 0.05) is 16.7 Å². The second kappa shape index (κ2) is 3.15. The van der Waals surface area contributed by atoms with Crippen LogP contribution in [0.4, 0.5) is 0 Å². The maximum Gasteiger partial charge on any atom is 0.0585 e. The van der Waals surface area contributed by atoms with E-state index in [1.54, 1.807) is 6.20 Å². The molecule has 2 rings (SSSR count). The summed E-state index contributed by atoms with van der Waals surface area (Å²) in [6, 6.07) is 4.06. The zero-order valence-corrected chi connectivity index (χ0v) is 8.29. The molecule has 0 aromatic carbocycles. The fraction of sp³-hybridized carbons (Fsp3) is 0.444. The van der Waals surface area contributed by atoms with Gasteiger partial charge in [-0.3, -0.25) is 4.98 Å². The minimum atomic E-state index is 0.141. The highest BCUT2D eigenvalue weighted by Crippen LogP contribution is 2.38. The Kier molecular flexibility index (Phi) is 2.15. The minimum absolute atomic E-state index is 0.141. The van der Waals surface area contributed by atoms with Gasteiger partial charge >= 0.3 is 0 Å². The van der Waals surface area contributed by atoms with Gasteiger partial charge in [-0.25, -0.2) is 0 Å². The van der Waals surface area contributed by atoms with Crippen LogP contribution in [0, 0.1) is 5.92 Å². The number of nitrogens with zero attached hydrogens (tertiary/aromatic N) is 1. The lowest BCUT2D eigenvalue weighted by atomic mass is 10.1. The molecule has 1 aliphatic rings. The van der Waals surface area contributed by atoms with Crippen molar-refractivity contribution in [3.8, 4) is 0 Å². The molecule has 1 unspecified atom stereocenters. The standard InChI is InChI=1S/C9H11BrN2/c10-7-3-4-12-8(5-7)9(11)6-1-2-6/h3-6,9H,1-2,11H2. The molecular formula is C9H11BrN2. The Morgan fingerprint density at radius 2 is 2.33 bits per heavy atom. The quantitative estimate of drug-likeness (QED) is 0.841. The predicted molar refractivity (Wildman–Crippen MR) is 51.6 cm³/mol. The Bertz CT molecular complexity index is 284. The lowest BCUT2D eigenvalue weighted by Crippen LogP contribution is -2.13. The van der Waals surface area contributed by atoms with Crippen molar-refractivity contribution < 1.29 is 0 Å². The van der Waals surface area contributed by atoms with Crippen LogP contribution >= 0.6 is 15.9 Å². The third kappa shape index (κ3) is 1.67. The molecule has 2 N–H and O–H groups in total. The van der Waals surface area contributed by atoms with E-state index in [2.05, 4.69) is 20.9 Å². The second-order valence-corrected chi connectivity index (χ2v) is 4.18. The minimum Gasteiger partial charge on any atom is -0.322 e. The molecule has 3 heteroatoms. The summed E-state index contributed by atoms with van der Waals surface area (Å²) in [6.07, 6.45) is 4.31. The molecule has 1 aromatic heterocycles. The molecule has 1 aromatic rings. The Hall–Kier alpha value is -0.410. The molecule has 12 heavy (non-hydrogen) atoms. The van der Waals surface area contributed by atoms with Gasteiger partial charge in [-0.15, -0.1) is 0 Å². The molecule has 0 bridgehead atoms. The highest BCUT2D eigenvalue weighted by molar-refractivity contribution is 9.10. The van der Waals surface area contributed by atoms with Gasteiger partial charge in [0.1, 0.15) is 0 Å². The summed E-state index contributed by atoms with van der Waals surface area (Å²) in [7, 11) is 0. The van der Waals surface area contributed by atoms with E-state index in [0.717, 1.165) is 10.2 Å². The van der Waals surface area contributed by atoms with Crippen LogP contribution < -0.4 is 5.73 Å². The molecule has 0 spiro atoms. The van der Waals surface area contributed by atoms with Gasteiger partial charge in [-0.1, -0.05) is 15.9 Å². The Balaban J connectivity index is 2.20. The molecule has 0 radical (unpaired) electrons. The van der Waals surface area contributed by atoms with Crippen molar-refractivity contribution in [2.75, 3.05) is 0 Å². The number of aromatic nitrogens is 1. The lowest BCUT2D eigenvalue weighted by Gasteiger charge is -2.08. The van der Waals surface area contributed by atoms with Gasteiger partial charge in [0.05, 0.1) is 5.69 Å². The number of hydrogen-bond acceptors (Lipinski definition) is 2. The lowest BCUT2D eigenvalue weighted by molar-refractivity contribution is 0.614. The number of halogens is 1. The molecule has 0 amide bonds. The van der Waals surface area contributed by atoms with E-state index in [0.29, 0.717) is 5.92 Å². The van der Waals surface area contributed by atoms with Crippen LogP contribution in [0.3, 0.4) is 0 Å². The molecule has 1 fully saturated rings. The normalized spacial score (nSPS) is 19.2. The molecule has 1 saturated carbocycles. The largest absolute Gasteiger partial charge is 0.322 e. The van der Waals surface area contributed by atoms with Gasteiger partial charge in [-0.2, -0.15) is 0 Å². The van der Waals surface area contributed by atoms with Crippen molar-refractivity contribution in [3.05, 3.63) is 28.5 Å². The zero-order chi connectivity index (χ0) is 8.55. The molecule has 1 aliphatic carbocycles. The first kappa shape index (κ1) is 8.20. The van der Waals surface area contributed by atoms with E-state index in [1.165, 1.54) is 12.8 Å². The van der Waals surface area contributed by atoms with Crippen LogP contribution in [0.5, 0.6) is 0 Å². The predicted octanol–water partition coefficient (Wildman–Crippen LogP) is 2.25. The average Bonchev–Trinajstić information content (AvgIpc) is 2.85. The van der Waals surface area contributed by atoms with Crippen LogP contribution in [0.15, 0.2) is 22.8 Å². The third-order valence-corrected chi connectivity index (χ3v) is 2.71.